The molecule has 0 aliphatic heterocycles. The molecule has 1 amide bonds. The van der Waals surface area contributed by atoms with Crippen LogP contribution in [0.25, 0.3) is 0 Å². The van der Waals surface area contributed by atoms with Gasteiger partial charge in [0.05, 0.1) is 5.56 Å². The van der Waals surface area contributed by atoms with Crippen molar-refractivity contribution >= 4 is 17.3 Å². The number of anilines is 2. The number of carbonyl (C=O) groups is 1. The van der Waals surface area contributed by atoms with Crippen LogP contribution in [0.4, 0.5) is 24.5 Å². The summed E-state index contributed by atoms with van der Waals surface area (Å²) in [7, 11) is 0. The predicted molar refractivity (Wildman–Crippen MR) is 89.1 cm³/mol. The summed E-state index contributed by atoms with van der Waals surface area (Å²) in [6, 6.07) is 10.4. The average Bonchev–Trinajstić information content (AvgIpc) is 2.51. The summed E-state index contributed by atoms with van der Waals surface area (Å²) in [6.07, 6.45) is -4.13. The molecule has 6 heteroatoms. The van der Waals surface area contributed by atoms with Crippen molar-refractivity contribution in [2.75, 3.05) is 17.2 Å². The molecule has 0 saturated carbocycles. The van der Waals surface area contributed by atoms with Gasteiger partial charge in [0.25, 0.3) is 0 Å². The van der Waals surface area contributed by atoms with Gasteiger partial charge in [-0.15, -0.1) is 0 Å². The van der Waals surface area contributed by atoms with Crippen LogP contribution in [0.2, 0.25) is 0 Å². The first-order chi connectivity index (χ1) is 11.3. The maximum atomic E-state index is 12.5. The summed E-state index contributed by atoms with van der Waals surface area (Å²) in [5.41, 5.74) is 2.73. The first kappa shape index (κ1) is 17.8. The minimum absolute atomic E-state index is 0.150. The third kappa shape index (κ3) is 4.75. The van der Waals surface area contributed by atoms with E-state index in [2.05, 4.69) is 10.6 Å². The molecule has 0 fully saturated rings. The second kappa shape index (κ2) is 7.38. The number of amides is 1. The lowest BCUT2D eigenvalue weighted by atomic mass is 10.1. The van der Waals surface area contributed by atoms with E-state index in [4.69, 9.17) is 0 Å². The molecule has 0 spiro atoms. The van der Waals surface area contributed by atoms with Gasteiger partial charge in [0.1, 0.15) is 0 Å². The summed E-state index contributed by atoms with van der Waals surface area (Å²) in [6.45, 7) is 4.24. The highest BCUT2D eigenvalue weighted by atomic mass is 19.4. The Hall–Kier alpha value is -2.50. The summed E-state index contributed by atoms with van der Waals surface area (Å²) < 4.78 is 37.4. The lowest BCUT2D eigenvalue weighted by molar-refractivity contribution is -0.137. The maximum absolute atomic E-state index is 12.5. The Balaban J connectivity index is 1.83. The van der Waals surface area contributed by atoms with Crippen LogP contribution in [-0.4, -0.2) is 12.5 Å². The molecule has 0 radical (unpaired) electrons. The molecule has 0 saturated heterocycles. The van der Waals surface area contributed by atoms with Gasteiger partial charge in [-0.3, -0.25) is 4.79 Å². The summed E-state index contributed by atoms with van der Waals surface area (Å²) in [5.74, 6) is -0.150. The fourth-order valence-corrected chi connectivity index (χ4v) is 2.20. The van der Waals surface area contributed by atoms with Crippen molar-refractivity contribution < 1.29 is 18.0 Å². The lowest BCUT2D eigenvalue weighted by Crippen LogP contribution is -2.17. The molecule has 0 aliphatic rings. The zero-order chi connectivity index (χ0) is 17.7. The molecule has 0 aliphatic carbocycles. The van der Waals surface area contributed by atoms with E-state index in [1.165, 1.54) is 12.1 Å². The van der Waals surface area contributed by atoms with Gasteiger partial charge in [-0.05, 0) is 55.3 Å². The zero-order valence-corrected chi connectivity index (χ0v) is 13.5. The molecule has 24 heavy (non-hydrogen) atoms. The molecule has 0 atom stereocenters. The van der Waals surface area contributed by atoms with E-state index in [1.807, 2.05) is 32.0 Å². The summed E-state index contributed by atoms with van der Waals surface area (Å²) >= 11 is 0. The highest BCUT2D eigenvalue weighted by Gasteiger charge is 2.29. The Bertz CT molecular complexity index is 709. The van der Waals surface area contributed by atoms with Crippen LogP contribution >= 0.6 is 0 Å². The third-order valence-corrected chi connectivity index (χ3v) is 3.77. The molecule has 3 nitrogen and oxygen atoms in total. The third-order valence-electron chi connectivity index (χ3n) is 3.77. The Morgan fingerprint density at radius 1 is 1.04 bits per heavy atom. The van der Waals surface area contributed by atoms with Gasteiger partial charge < -0.3 is 10.6 Å². The average molecular weight is 336 g/mol. The fraction of sp³-hybridized carbons (Fsp3) is 0.278. The molecule has 2 aromatic carbocycles. The Kier molecular flexibility index (Phi) is 5.49. The first-order valence-electron chi connectivity index (χ1n) is 7.54. The minimum atomic E-state index is -4.34. The SMILES string of the molecule is Cc1cccc(NC(=O)CCNc2ccc(C(F)(F)F)cc2)c1C. The normalized spacial score (nSPS) is 11.2. The quantitative estimate of drug-likeness (QED) is 0.826. The molecule has 2 rings (SSSR count). The Labute approximate surface area is 138 Å². The van der Waals surface area contributed by atoms with E-state index < -0.39 is 11.7 Å². The molecular weight excluding hydrogens is 317 g/mol. The van der Waals surface area contributed by atoms with Gasteiger partial charge in [0.15, 0.2) is 0 Å². The Morgan fingerprint density at radius 3 is 2.33 bits per heavy atom. The minimum Gasteiger partial charge on any atom is -0.385 e. The number of aryl methyl sites for hydroxylation is 1. The van der Waals surface area contributed by atoms with Gasteiger partial charge in [-0.1, -0.05) is 12.1 Å². The van der Waals surface area contributed by atoms with Crippen molar-refractivity contribution in [3.63, 3.8) is 0 Å². The van der Waals surface area contributed by atoms with Crippen LogP contribution in [0.5, 0.6) is 0 Å². The van der Waals surface area contributed by atoms with Crippen LogP contribution in [0.1, 0.15) is 23.1 Å². The largest absolute Gasteiger partial charge is 0.416 e. The number of halogens is 3. The number of alkyl halides is 3. The number of nitrogens with one attached hydrogen (secondary N) is 2. The van der Waals surface area contributed by atoms with E-state index in [1.54, 1.807) is 0 Å². The second-order valence-electron chi connectivity index (χ2n) is 5.55. The first-order valence-corrected chi connectivity index (χ1v) is 7.54. The van der Waals surface area contributed by atoms with Crippen LogP contribution in [-0.2, 0) is 11.0 Å². The molecule has 0 aromatic heterocycles. The van der Waals surface area contributed by atoms with Crippen LogP contribution in [0, 0.1) is 13.8 Å². The van der Waals surface area contributed by atoms with Crippen molar-refractivity contribution in [3.8, 4) is 0 Å². The summed E-state index contributed by atoms with van der Waals surface area (Å²) in [4.78, 5) is 12.0. The summed E-state index contributed by atoms with van der Waals surface area (Å²) in [5, 5.41) is 5.78. The van der Waals surface area contributed by atoms with Gasteiger partial charge >= 0.3 is 6.18 Å². The number of hydrogen-bond donors (Lipinski definition) is 2. The van der Waals surface area contributed by atoms with Crippen LogP contribution < -0.4 is 10.6 Å². The molecular formula is C18H19F3N2O. The molecule has 128 valence electrons. The van der Waals surface area contributed by atoms with Crippen molar-refractivity contribution in [2.24, 2.45) is 0 Å². The van der Waals surface area contributed by atoms with Crippen molar-refractivity contribution in [2.45, 2.75) is 26.4 Å². The number of rotatable bonds is 5. The Morgan fingerprint density at radius 2 is 1.71 bits per heavy atom. The van der Waals surface area contributed by atoms with Gasteiger partial charge in [-0.25, -0.2) is 0 Å². The van der Waals surface area contributed by atoms with Gasteiger partial charge in [0.2, 0.25) is 5.91 Å². The predicted octanol–water partition coefficient (Wildman–Crippen LogP) is 4.76. The number of carbonyl (C=O) groups excluding carboxylic acids is 1. The second-order valence-corrected chi connectivity index (χ2v) is 5.55. The van der Waals surface area contributed by atoms with Crippen LogP contribution in [0.3, 0.4) is 0 Å². The topological polar surface area (TPSA) is 41.1 Å². The molecule has 2 aromatic rings. The molecule has 2 N–H and O–H groups in total. The smallest absolute Gasteiger partial charge is 0.385 e. The molecule has 0 heterocycles. The number of hydrogen-bond acceptors (Lipinski definition) is 2. The highest BCUT2D eigenvalue weighted by molar-refractivity contribution is 5.91. The highest BCUT2D eigenvalue weighted by Crippen LogP contribution is 2.29. The standard InChI is InChI=1S/C18H19F3N2O/c1-12-4-3-5-16(13(12)2)23-17(24)10-11-22-15-8-6-14(7-9-15)18(19,20)21/h3-9,22H,10-11H2,1-2H3,(H,23,24). The number of benzene rings is 2. The van der Waals surface area contributed by atoms with E-state index in [0.717, 1.165) is 28.9 Å². The van der Waals surface area contributed by atoms with E-state index in [9.17, 15) is 18.0 Å². The molecule has 0 unspecified atom stereocenters. The van der Waals surface area contributed by atoms with Gasteiger partial charge in [-0.2, -0.15) is 13.2 Å². The van der Waals surface area contributed by atoms with Crippen molar-refractivity contribution in [1.82, 2.24) is 0 Å². The van der Waals surface area contributed by atoms with E-state index in [-0.39, 0.29) is 12.3 Å². The fourth-order valence-electron chi connectivity index (χ4n) is 2.20. The van der Waals surface area contributed by atoms with Crippen LogP contribution in [0.15, 0.2) is 42.5 Å². The van der Waals surface area contributed by atoms with Crippen molar-refractivity contribution in [3.05, 3.63) is 59.2 Å². The lowest BCUT2D eigenvalue weighted by Gasteiger charge is -2.11. The van der Waals surface area contributed by atoms with Crippen molar-refractivity contribution in [1.29, 1.82) is 0 Å². The van der Waals surface area contributed by atoms with Gasteiger partial charge in [0, 0.05) is 24.3 Å². The monoisotopic (exact) mass is 336 g/mol. The maximum Gasteiger partial charge on any atom is 0.416 e. The zero-order valence-electron chi connectivity index (χ0n) is 13.5. The molecule has 0 bridgehead atoms. The van der Waals surface area contributed by atoms with E-state index >= 15 is 0 Å². The van der Waals surface area contributed by atoms with E-state index in [0.29, 0.717) is 12.2 Å².